The van der Waals surface area contributed by atoms with E-state index in [-0.39, 0.29) is 10.6 Å². The molecule has 1 amide bonds. The van der Waals surface area contributed by atoms with Crippen LogP contribution in [0.2, 0.25) is 0 Å². The van der Waals surface area contributed by atoms with E-state index in [9.17, 15) is 13.2 Å². The Morgan fingerprint density at radius 2 is 1.50 bits per heavy atom. The van der Waals surface area contributed by atoms with E-state index in [1.54, 1.807) is 60.7 Å². The van der Waals surface area contributed by atoms with Crippen molar-refractivity contribution in [2.75, 3.05) is 4.31 Å². The van der Waals surface area contributed by atoms with Crippen molar-refractivity contribution >= 4 is 44.2 Å². The summed E-state index contributed by atoms with van der Waals surface area (Å²) in [5.74, 6) is 4.39. The van der Waals surface area contributed by atoms with Gasteiger partial charge in [0.2, 0.25) is 0 Å². The van der Waals surface area contributed by atoms with Crippen molar-refractivity contribution in [3.63, 3.8) is 0 Å². The molecule has 0 saturated carbocycles. The van der Waals surface area contributed by atoms with Crippen molar-refractivity contribution in [1.29, 1.82) is 0 Å². The van der Waals surface area contributed by atoms with Crippen LogP contribution in [0.15, 0.2) is 83.8 Å². The number of anilines is 1. The second-order valence-corrected chi connectivity index (χ2v) is 8.90. The molecule has 0 fully saturated rings. The van der Waals surface area contributed by atoms with Crippen LogP contribution in [-0.2, 0) is 14.8 Å². The topological polar surface area (TPSA) is 54.5 Å². The molecule has 3 rings (SSSR count). The molecule has 28 heavy (non-hydrogen) atoms. The summed E-state index contributed by atoms with van der Waals surface area (Å²) in [7, 11) is -4.12. The Hall–Kier alpha value is -2.63. The van der Waals surface area contributed by atoms with Gasteiger partial charge < -0.3 is 0 Å². The van der Waals surface area contributed by atoms with Gasteiger partial charge >= 0.3 is 5.91 Å². The lowest BCUT2D eigenvalue weighted by atomic mass is 10.2. The summed E-state index contributed by atoms with van der Waals surface area (Å²) in [6.07, 6.45) is 0. The number of carbonyl (C=O) groups is 1. The van der Waals surface area contributed by atoms with E-state index in [4.69, 9.17) is 0 Å². The minimum atomic E-state index is -4.12. The lowest BCUT2D eigenvalue weighted by molar-refractivity contribution is -0.112. The number of sulfonamides is 1. The van der Waals surface area contributed by atoms with Gasteiger partial charge in [0, 0.05) is 15.1 Å². The predicted octanol–water partition coefficient (Wildman–Crippen LogP) is 4.37. The molecule has 3 aromatic carbocycles. The summed E-state index contributed by atoms with van der Waals surface area (Å²) < 4.78 is 28.0. The van der Waals surface area contributed by atoms with Crippen LogP contribution in [0.4, 0.5) is 5.69 Å². The summed E-state index contributed by atoms with van der Waals surface area (Å²) in [4.78, 5) is 13.0. The molecule has 4 nitrogen and oxygen atoms in total. The normalized spacial score (nSPS) is 10.6. The highest BCUT2D eigenvalue weighted by Gasteiger charge is 2.31. The molecule has 0 aliphatic carbocycles. The van der Waals surface area contributed by atoms with Crippen molar-refractivity contribution in [1.82, 2.24) is 0 Å². The van der Waals surface area contributed by atoms with Gasteiger partial charge in [-0.05, 0) is 65.9 Å². The van der Waals surface area contributed by atoms with E-state index in [0.29, 0.717) is 9.13 Å². The van der Waals surface area contributed by atoms with Gasteiger partial charge in [-0.25, -0.2) is 8.42 Å². The van der Waals surface area contributed by atoms with Gasteiger partial charge in [-0.3, -0.25) is 4.79 Å². The Morgan fingerprint density at radius 3 is 2.14 bits per heavy atom. The first-order chi connectivity index (χ1) is 13.4. The van der Waals surface area contributed by atoms with Crippen LogP contribution in [0.25, 0.3) is 0 Å². The Labute approximate surface area is 178 Å². The average molecular weight is 501 g/mol. The number of aryl methyl sites for hydroxylation is 1. The lowest BCUT2D eigenvalue weighted by Gasteiger charge is -2.21. The molecule has 140 valence electrons. The number of para-hydroxylation sites is 1. The molecule has 0 bridgehead atoms. The third-order valence-corrected chi connectivity index (χ3v) is 6.53. The van der Waals surface area contributed by atoms with Gasteiger partial charge in [0.25, 0.3) is 10.0 Å². The molecule has 0 N–H and O–H groups in total. The first-order valence-corrected chi connectivity index (χ1v) is 10.9. The number of hydrogen-bond donors (Lipinski definition) is 0. The molecule has 6 heteroatoms. The largest absolute Gasteiger partial charge is 0.317 e. The first kappa shape index (κ1) is 20.1. The van der Waals surface area contributed by atoms with Crippen LogP contribution in [0.5, 0.6) is 0 Å². The maximum atomic E-state index is 13.3. The van der Waals surface area contributed by atoms with E-state index < -0.39 is 15.9 Å². The molecule has 0 spiro atoms. The van der Waals surface area contributed by atoms with Gasteiger partial charge in [-0.2, -0.15) is 4.31 Å². The van der Waals surface area contributed by atoms with E-state index in [0.717, 1.165) is 9.87 Å². The fourth-order valence-electron chi connectivity index (χ4n) is 2.48. The number of amides is 1. The number of hydrogen-bond acceptors (Lipinski definition) is 3. The molecule has 3 aromatic rings. The highest BCUT2D eigenvalue weighted by atomic mass is 127. The number of halogens is 1. The lowest BCUT2D eigenvalue weighted by Crippen LogP contribution is -2.36. The van der Waals surface area contributed by atoms with Crippen molar-refractivity contribution < 1.29 is 13.2 Å². The van der Waals surface area contributed by atoms with Crippen molar-refractivity contribution in [3.05, 3.63) is 93.6 Å². The Kier molecular flexibility index (Phi) is 6.17. The van der Waals surface area contributed by atoms with Crippen LogP contribution in [0, 0.1) is 22.3 Å². The molecular weight excluding hydrogens is 485 g/mol. The Balaban J connectivity index is 2.11. The van der Waals surface area contributed by atoms with E-state index >= 15 is 0 Å². The molecule has 0 aliphatic rings. The van der Waals surface area contributed by atoms with Crippen molar-refractivity contribution in [2.24, 2.45) is 0 Å². The highest BCUT2D eigenvalue weighted by molar-refractivity contribution is 14.1. The first-order valence-electron chi connectivity index (χ1n) is 8.37. The molecule has 0 radical (unpaired) electrons. The van der Waals surface area contributed by atoms with Crippen LogP contribution in [-0.4, -0.2) is 14.3 Å². The standard InChI is InChI=1S/C22H16INO3S/c1-17-11-14-19(15-12-17)28(26,27)24(21-10-6-5-9-20(21)23)22(25)16-13-18-7-3-2-4-8-18/h2-12,14-15H,1H3. The third-order valence-electron chi connectivity index (χ3n) is 3.90. The number of nitrogens with zero attached hydrogens (tertiary/aromatic N) is 1. The summed E-state index contributed by atoms with van der Waals surface area (Å²) >= 11 is 2.01. The quantitative estimate of drug-likeness (QED) is 0.396. The van der Waals surface area contributed by atoms with Gasteiger partial charge in [0.15, 0.2) is 0 Å². The maximum Gasteiger partial charge on any atom is 0.317 e. The van der Waals surface area contributed by atoms with E-state index in [1.165, 1.54) is 12.1 Å². The van der Waals surface area contributed by atoms with E-state index in [1.807, 2.05) is 35.6 Å². The smallest absolute Gasteiger partial charge is 0.258 e. The van der Waals surface area contributed by atoms with Crippen molar-refractivity contribution in [2.45, 2.75) is 11.8 Å². The van der Waals surface area contributed by atoms with Crippen LogP contribution < -0.4 is 4.31 Å². The van der Waals surface area contributed by atoms with Crippen LogP contribution >= 0.6 is 22.6 Å². The molecule has 0 saturated heterocycles. The van der Waals surface area contributed by atoms with E-state index in [2.05, 4.69) is 11.8 Å². The zero-order chi connectivity index (χ0) is 20.1. The van der Waals surface area contributed by atoms with Crippen LogP contribution in [0.1, 0.15) is 11.1 Å². The SMILES string of the molecule is Cc1ccc(S(=O)(=O)N(C(=O)C#Cc2ccccc2)c2ccccc2I)cc1. The summed E-state index contributed by atoms with van der Waals surface area (Å²) in [6.45, 7) is 1.87. The molecule has 0 heterocycles. The zero-order valence-corrected chi connectivity index (χ0v) is 17.9. The van der Waals surface area contributed by atoms with Crippen molar-refractivity contribution in [3.8, 4) is 11.8 Å². The minimum absolute atomic E-state index is 0.0348. The summed E-state index contributed by atoms with van der Waals surface area (Å²) in [5.41, 5.74) is 1.83. The number of benzene rings is 3. The minimum Gasteiger partial charge on any atom is -0.258 e. The van der Waals surface area contributed by atoms with Gasteiger partial charge in [0.05, 0.1) is 10.6 Å². The molecular formula is C22H16INO3S. The average Bonchev–Trinajstić information content (AvgIpc) is 2.69. The molecule has 0 unspecified atom stereocenters. The fourth-order valence-corrected chi connectivity index (χ4v) is 4.64. The Morgan fingerprint density at radius 1 is 0.893 bits per heavy atom. The fraction of sp³-hybridized carbons (Fsp3) is 0.0455. The Bertz CT molecular complexity index is 1160. The monoisotopic (exact) mass is 501 g/mol. The molecule has 0 aliphatic heterocycles. The van der Waals surface area contributed by atoms with Gasteiger partial charge in [0.1, 0.15) is 0 Å². The third kappa shape index (κ3) is 4.43. The summed E-state index contributed by atoms with van der Waals surface area (Å²) in [6, 6.07) is 22.1. The zero-order valence-electron chi connectivity index (χ0n) is 15.0. The van der Waals surface area contributed by atoms with Gasteiger partial charge in [-0.15, -0.1) is 0 Å². The molecule has 0 atom stereocenters. The maximum absolute atomic E-state index is 13.3. The number of carbonyl (C=O) groups excluding carboxylic acids is 1. The highest BCUT2D eigenvalue weighted by Crippen LogP contribution is 2.28. The predicted molar refractivity (Wildman–Crippen MR) is 118 cm³/mol. The molecule has 0 aromatic heterocycles. The summed E-state index contributed by atoms with van der Waals surface area (Å²) in [5, 5.41) is 0. The van der Waals surface area contributed by atoms with Crippen LogP contribution in [0.3, 0.4) is 0 Å². The number of rotatable bonds is 3. The second-order valence-electron chi connectivity index (χ2n) is 5.96. The van der Waals surface area contributed by atoms with Gasteiger partial charge in [-0.1, -0.05) is 53.9 Å². The second kappa shape index (κ2) is 8.59.